The predicted octanol–water partition coefficient (Wildman–Crippen LogP) is 3.94. The van der Waals surface area contributed by atoms with E-state index in [1.165, 1.54) is 18.4 Å². The van der Waals surface area contributed by atoms with Crippen molar-refractivity contribution in [3.63, 3.8) is 0 Å². The van der Waals surface area contributed by atoms with E-state index in [-0.39, 0.29) is 12.0 Å². The Hall–Kier alpha value is -0.560. The zero-order valence-electron chi connectivity index (χ0n) is 11.3. The molecule has 16 heavy (non-hydrogen) atoms. The second kappa shape index (κ2) is 5.18. The Bertz CT molecular complexity index is 284. The molecule has 0 heterocycles. The monoisotopic (exact) mass is 222 g/mol. The number of aliphatic hydroxyl groups excluding tert-OH is 1. The molecule has 1 rings (SSSR count). The van der Waals surface area contributed by atoms with Crippen LogP contribution in [-0.2, 0) is 0 Å². The van der Waals surface area contributed by atoms with Crippen LogP contribution in [0.1, 0.15) is 47.5 Å². The van der Waals surface area contributed by atoms with Gasteiger partial charge in [0, 0.05) is 5.92 Å². The first-order valence-electron chi connectivity index (χ1n) is 6.37. The summed E-state index contributed by atoms with van der Waals surface area (Å²) >= 11 is 0. The van der Waals surface area contributed by atoms with Crippen LogP contribution in [-0.4, -0.2) is 11.2 Å². The van der Waals surface area contributed by atoms with E-state index in [0.29, 0.717) is 11.3 Å². The first-order valence-corrected chi connectivity index (χ1v) is 6.37. The average Bonchev–Trinajstić information content (AvgIpc) is 2.15. The van der Waals surface area contributed by atoms with Gasteiger partial charge < -0.3 is 5.11 Å². The van der Waals surface area contributed by atoms with Crippen LogP contribution in [0.5, 0.6) is 0 Å². The molecule has 0 radical (unpaired) electrons. The summed E-state index contributed by atoms with van der Waals surface area (Å²) in [6.07, 6.45) is 9.01. The second-order valence-corrected chi connectivity index (χ2v) is 5.94. The van der Waals surface area contributed by atoms with Gasteiger partial charge in [-0.05, 0) is 38.0 Å². The van der Waals surface area contributed by atoms with Crippen molar-refractivity contribution in [3.8, 4) is 0 Å². The van der Waals surface area contributed by atoms with E-state index in [1.807, 2.05) is 6.92 Å². The van der Waals surface area contributed by atoms with Gasteiger partial charge in [-0.15, -0.1) is 0 Å². The molecule has 0 aromatic rings. The fraction of sp³-hybridized carbons (Fsp3) is 0.733. The van der Waals surface area contributed by atoms with Gasteiger partial charge in [-0.25, -0.2) is 0 Å². The molecule has 1 aliphatic rings. The molecule has 92 valence electrons. The van der Waals surface area contributed by atoms with Crippen LogP contribution in [0.15, 0.2) is 23.8 Å². The number of allylic oxidation sites excluding steroid dienone is 3. The lowest BCUT2D eigenvalue weighted by atomic mass is 9.68. The van der Waals surface area contributed by atoms with E-state index in [0.717, 1.165) is 0 Å². The van der Waals surface area contributed by atoms with Crippen LogP contribution >= 0.6 is 0 Å². The Balaban J connectivity index is 2.77. The van der Waals surface area contributed by atoms with Crippen LogP contribution in [0.4, 0.5) is 0 Å². The summed E-state index contributed by atoms with van der Waals surface area (Å²) < 4.78 is 0. The normalized spacial score (nSPS) is 28.9. The van der Waals surface area contributed by atoms with Gasteiger partial charge in [0.1, 0.15) is 0 Å². The van der Waals surface area contributed by atoms with Gasteiger partial charge in [0.15, 0.2) is 0 Å². The Kier molecular flexibility index (Phi) is 4.37. The Morgan fingerprint density at radius 1 is 1.44 bits per heavy atom. The van der Waals surface area contributed by atoms with Crippen molar-refractivity contribution in [2.24, 2.45) is 17.3 Å². The van der Waals surface area contributed by atoms with E-state index in [4.69, 9.17) is 0 Å². The first-order chi connectivity index (χ1) is 7.34. The zero-order valence-corrected chi connectivity index (χ0v) is 11.3. The van der Waals surface area contributed by atoms with Gasteiger partial charge in [-0.1, -0.05) is 44.6 Å². The molecule has 0 aromatic carbocycles. The van der Waals surface area contributed by atoms with E-state index >= 15 is 0 Å². The summed E-state index contributed by atoms with van der Waals surface area (Å²) in [6.45, 7) is 10.8. The summed E-state index contributed by atoms with van der Waals surface area (Å²) in [5, 5.41) is 9.48. The second-order valence-electron chi connectivity index (χ2n) is 5.94. The molecule has 0 aromatic heterocycles. The van der Waals surface area contributed by atoms with Crippen LogP contribution in [0.25, 0.3) is 0 Å². The Morgan fingerprint density at radius 3 is 2.56 bits per heavy atom. The molecule has 3 unspecified atom stereocenters. The quantitative estimate of drug-likeness (QED) is 0.717. The van der Waals surface area contributed by atoms with Crippen molar-refractivity contribution in [3.05, 3.63) is 23.8 Å². The molecule has 1 aliphatic carbocycles. The van der Waals surface area contributed by atoms with Gasteiger partial charge in [0.2, 0.25) is 0 Å². The molecule has 0 saturated carbocycles. The minimum Gasteiger partial charge on any atom is -0.393 e. The molecule has 1 heteroatoms. The largest absolute Gasteiger partial charge is 0.393 e. The Morgan fingerprint density at radius 2 is 2.06 bits per heavy atom. The molecular formula is C15H26O. The molecule has 0 spiro atoms. The molecular weight excluding hydrogens is 196 g/mol. The maximum Gasteiger partial charge on any atom is 0.0572 e. The fourth-order valence-corrected chi connectivity index (χ4v) is 2.43. The third kappa shape index (κ3) is 3.21. The van der Waals surface area contributed by atoms with Crippen LogP contribution < -0.4 is 0 Å². The lowest BCUT2D eigenvalue weighted by Gasteiger charge is -2.37. The van der Waals surface area contributed by atoms with Crippen molar-refractivity contribution in [2.45, 2.75) is 53.6 Å². The summed E-state index contributed by atoms with van der Waals surface area (Å²) in [5.41, 5.74) is 1.83. The topological polar surface area (TPSA) is 20.2 Å². The molecule has 1 N–H and O–H groups in total. The lowest BCUT2D eigenvalue weighted by Crippen LogP contribution is -2.26. The number of hydrogen-bond acceptors (Lipinski definition) is 1. The minimum absolute atomic E-state index is 0.241. The standard InChI is InChI=1S/C15H26O/c1-11(13(3)16)8-9-14-12(2)7-6-10-15(14,4)5/h7-9,11,13-14,16H,6,10H2,1-5H3. The highest BCUT2D eigenvalue weighted by molar-refractivity contribution is 5.19. The molecule has 0 bridgehead atoms. The van der Waals surface area contributed by atoms with Gasteiger partial charge in [-0.3, -0.25) is 0 Å². The average molecular weight is 222 g/mol. The third-order valence-corrected chi connectivity index (χ3v) is 3.96. The summed E-state index contributed by atoms with van der Waals surface area (Å²) in [5.74, 6) is 0.771. The van der Waals surface area contributed by atoms with Gasteiger partial charge >= 0.3 is 0 Å². The first kappa shape index (κ1) is 13.5. The fourth-order valence-electron chi connectivity index (χ4n) is 2.43. The summed E-state index contributed by atoms with van der Waals surface area (Å²) in [6, 6.07) is 0. The van der Waals surface area contributed by atoms with Crippen LogP contribution in [0.3, 0.4) is 0 Å². The lowest BCUT2D eigenvalue weighted by molar-refractivity contribution is 0.156. The highest BCUT2D eigenvalue weighted by Crippen LogP contribution is 2.41. The van der Waals surface area contributed by atoms with E-state index in [1.54, 1.807) is 0 Å². The van der Waals surface area contributed by atoms with Crippen LogP contribution in [0.2, 0.25) is 0 Å². The van der Waals surface area contributed by atoms with Gasteiger partial charge in [0.05, 0.1) is 6.10 Å². The van der Waals surface area contributed by atoms with Crippen molar-refractivity contribution in [2.75, 3.05) is 0 Å². The molecule has 0 aliphatic heterocycles. The van der Waals surface area contributed by atoms with E-state index in [2.05, 4.69) is 45.9 Å². The minimum atomic E-state index is -0.257. The van der Waals surface area contributed by atoms with Crippen molar-refractivity contribution < 1.29 is 5.11 Å². The molecule has 1 nitrogen and oxygen atoms in total. The maximum atomic E-state index is 9.48. The molecule has 0 amide bonds. The van der Waals surface area contributed by atoms with E-state index in [9.17, 15) is 5.11 Å². The smallest absolute Gasteiger partial charge is 0.0572 e. The molecule has 0 saturated heterocycles. The molecule has 3 atom stereocenters. The van der Waals surface area contributed by atoms with Crippen molar-refractivity contribution >= 4 is 0 Å². The zero-order chi connectivity index (χ0) is 12.3. The van der Waals surface area contributed by atoms with Crippen molar-refractivity contribution in [1.29, 1.82) is 0 Å². The van der Waals surface area contributed by atoms with Gasteiger partial charge in [0.25, 0.3) is 0 Å². The third-order valence-electron chi connectivity index (χ3n) is 3.96. The predicted molar refractivity (Wildman–Crippen MR) is 70.2 cm³/mol. The number of aliphatic hydroxyl groups is 1. The Labute approximate surface area is 100 Å². The number of rotatable bonds is 3. The molecule has 0 fully saturated rings. The SMILES string of the molecule is CC1=CCCC(C)(C)C1C=CC(C)C(C)O. The van der Waals surface area contributed by atoms with Gasteiger partial charge in [-0.2, -0.15) is 0 Å². The van der Waals surface area contributed by atoms with E-state index < -0.39 is 0 Å². The number of hydrogen-bond donors (Lipinski definition) is 1. The van der Waals surface area contributed by atoms with Crippen LogP contribution in [0, 0.1) is 17.3 Å². The van der Waals surface area contributed by atoms with Crippen molar-refractivity contribution in [1.82, 2.24) is 0 Å². The maximum absolute atomic E-state index is 9.48. The highest BCUT2D eigenvalue weighted by Gasteiger charge is 2.30. The summed E-state index contributed by atoms with van der Waals surface area (Å²) in [7, 11) is 0. The summed E-state index contributed by atoms with van der Waals surface area (Å²) in [4.78, 5) is 0. The highest BCUT2D eigenvalue weighted by atomic mass is 16.3.